The molecule has 132 valence electrons. The molecule has 1 heterocycles. The first kappa shape index (κ1) is 18.2. The molecule has 1 N–H and O–H groups in total. The van der Waals surface area contributed by atoms with Crippen molar-refractivity contribution in [3.8, 4) is 11.8 Å². The number of halogens is 1. The lowest BCUT2D eigenvalue weighted by atomic mass is 10.0. The van der Waals surface area contributed by atoms with Crippen LogP contribution in [-0.4, -0.2) is 9.97 Å². The van der Waals surface area contributed by atoms with E-state index in [0.29, 0.717) is 12.2 Å². The van der Waals surface area contributed by atoms with E-state index in [9.17, 15) is 5.26 Å². The number of aromatic amines is 1. The Morgan fingerprint density at radius 1 is 1.08 bits per heavy atom. The van der Waals surface area contributed by atoms with Gasteiger partial charge in [0.1, 0.15) is 18.2 Å². The van der Waals surface area contributed by atoms with Crippen LogP contribution in [0.3, 0.4) is 0 Å². The number of nitrogens with one attached hydrogen (secondary N) is 1. The number of nitrogens with zero attached hydrogens (tertiary/aromatic N) is 2. The van der Waals surface area contributed by atoms with E-state index in [0.717, 1.165) is 52.9 Å². The molecule has 1 aromatic heterocycles. The lowest BCUT2D eigenvalue weighted by Crippen LogP contribution is -2.00. The van der Waals surface area contributed by atoms with E-state index < -0.39 is 0 Å². The molecule has 2 aromatic carbocycles. The fraction of sp³-hybridized carbons (Fsp3) is 0.238. The molecule has 0 aliphatic carbocycles. The minimum atomic E-state index is 0.512. The Hall–Kier alpha value is -2.58. The van der Waals surface area contributed by atoms with Gasteiger partial charge in [-0.05, 0) is 60.7 Å². The van der Waals surface area contributed by atoms with Crippen molar-refractivity contribution in [2.24, 2.45) is 0 Å². The van der Waals surface area contributed by atoms with E-state index in [2.05, 4.69) is 32.0 Å². The first-order chi connectivity index (χ1) is 12.7. The molecule has 3 aromatic rings. The van der Waals surface area contributed by atoms with Gasteiger partial charge in [0.2, 0.25) is 0 Å². The van der Waals surface area contributed by atoms with Gasteiger partial charge in [0, 0.05) is 23.3 Å². The molecular weight excluding hydrogens is 390 g/mol. The molecule has 0 bridgehead atoms. The minimum absolute atomic E-state index is 0.512. The summed E-state index contributed by atoms with van der Waals surface area (Å²) in [6, 6.07) is 15.9. The molecule has 0 aliphatic rings. The number of hydrogen-bond donors (Lipinski definition) is 1. The van der Waals surface area contributed by atoms with Crippen LogP contribution >= 0.6 is 15.9 Å². The van der Waals surface area contributed by atoms with Crippen LogP contribution in [0, 0.1) is 11.3 Å². The molecule has 0 unspecified atom stereocenters. The summed E-state index contributed by atoms with van der Waals surface area (Å²) in [6.45, 7) is 0.512. The van der Waals surface area contributed by atoms with Crippen molar-refractivity contribution < 1.29 is 4.74 Å². The van der Waals surface area contributed by atoms with E-state index in [1.54, 1.807) is 6.20 Å². The second kappa shape index (κ2) is 9.21. The predicted octanol–water partition coefficient (Wildman–Crippen LogP) is 5.19. The number of aryl methyl sites for hydroxylation is 2. The van der Waals surface area contributed by atoms with Gasteiger partial charge < -0.3 is 9.72 Å². The number of unbranched alkanes of at least 4 members (excludes halogenated alkanes) is 1. The van der Waals surface area contributed by atoms with Gasteiger partial charge in [-0.2, -0.15) is 5.26 Å². The third kappa shape index (κ3) is 5.21. The summed E-state index contributed by atoms with van der Waals surface area (Å²) < 4.78 is 7.07. The second-order valence-corrected chi connectivity index (χ2v) is 7.01. The largest absolute Gasteiger partial charge is 0.489 e. The van der Waals surface area contributed by atoms with Crippen molar-refractivity contribution in [2.45, 2.75) is 32.3 Å². The van der Waals surface area contributed by atoms with Gasteiger partial charge in [0.05, 0.1) is 11.6 Å². The Bertz CT molecular complexity index is 867. The van der Waals surface area contributed by atoms with Gasteiger partial charge in [-0.3, -0.25) is 0 Å². The van der Waals surface area contributed by atoms with Gasteiger partial charge in [0.25, 0.3) is 0 Å². The highest BCUT2D eigenvalue weighted by molar-refractivity contribution is 9.10. The van der Waals surface area contributed by atoms with E-state index in [4.69, 9.17) is 4.74 Å². The SMILES string of the molecule is N#Cc1ccc(OCc2ccc(Br)cc2)c(CCCCc2ncc[nH]2)c1. The maximum atomic E-state index is 9.18. The number of nitriles is 1. The van der Waals surface area contributed by atoms with Crippen LogP contribution in [0.1, 0.15) is 35.4 Å². The summed E-state index contributed by atoms with van der Waals surface area (Å²) in [5.41, 5.74) is 2.86. The fourth-order valence-electron chi connectivity index (χ4n) is 2.77. The lowest BCUT2D eigenvalue weighted by Gasteiger charge is -2.12. The third-order valence-corrected chi connectivity index (χ3v) is 4.69. The highest BCUT2D eigenvalue weighted by Gasteiger charge is 2.07. The quantitative estimate of drug-likeness (QED) is 0.520. The first-order valence-electron chi connectivity index (χ1n) is 8.63. The van der Waals surface area contributed by atoms with Crippen molar-refractivity contribution in [3.05, 3.63) is 81.8 Å². The predicted molar refractivity (Wildman–Crippen MR) is 105 cm³/mol. The zero-order valence-corrected chi connectivity index (χ0v) is 16.0. The topological polar surface area (TPSA) is 61.7 Å². The van der Waals surface area contributed by atoms with E-state index in [-0.39, 0.29) is 0 Å². The molecule has 5 heteroatoms. The zero-order chi connectivity index (χ0) is 18.2. The van der Waals surface area contributed by atoms with Crippen molar-refractivity contribution in [1.82, 2.24) is 9.97 Å². The summed E-state index contributed by atoms with van der Waals surface area (Å²) in [4.78, 5) is 7.37. The molecule has 0 spiro atoms. The Labute approximate surface area is 162 Å². The summed E-state index contributed by atoms with van der Waals surface area (Å²) in [6.07, 6.45) is 7.49. The van der Waals surface area contributed by atoms with Crippen LogP contribution in [0.25, 0.3) is 0 Å². The average molecular weight is 410 g/mol. The fourth-order valence-corrected chi connectivity index (χ4v) is 3.03. The van der Waals surface area contributed by atoms with Crippen LogP contribution < -0.4 is 4.74 Å². The van der Waals surface area contributed by atoms with Crippen molar-refractivity contribution >= 4 is 15.9 Å². The van der Waals surface area contributed by atoms with Gasteiger partial charge in [-0.25, -0.2) is 4.98 Å². The van der Waals surface area contributed by atoms with Crippen molar-refractivity contribution in [1.29, 1.82) is 5.26 Å². The summed E-state index contributed by atoms with van der Waals surface area (Å²) in [7, 11) is 0. The van der Waals surface area contributed by atoms with Crippen LogP contribution in [0.4, 0.5) is 0 Å². The van der Waals surface area contributed by atoms with Crippen LogP contribution in [0.5, 0.6) is 5.75 Å². The molecule has 0 fully saturated rings. The van der Waals surface area contributed by atoms with Gasteiger partial charge in [-0.1, -0.05) is 28.1 Å². The molecule has 0 radical (unpaired) electrons. The summed E-state index contributed by atoms with van der Waals surface area (Å²) >= 11 is 3.44. The van der Waals surface area contributed by atoms with Gasteiger partial charge in [-0.15, -0.1) is 0 Å². The Morgan fingerprint density at radius 2 is 1.88 bits per heavy atom. The van der Waals surface area contributed by atoms with Crippen LogP contribution in [0.2, 0.25) is 0 Å². The highest BCUT2D eigenvalue weighted by Crippen LogP contribution is 2.24. The van der Waals surface area contributed by atoms with E-state index in [1.807, 2.05) is 48.7 Å². The molecular formula is C21H20BrN3O. The molecule has 4 nitrogen and oxygen atoms in total. The summed E-state index contributed by atoms with van der Waals surface area (Å²) in [5, 5.41) is 9.18. The Morgan fingerprint density at radius 3 is 2.62 bits per heavy atom. The lowest BCUT2D eigenvalue weighted by molar-refractivity contribution is 0.302. The van der Waals surface area contributed by atoms with E-state index >= 15 is 0 Å². The van der Waals surface area contributed by atoms with E-state index in [1.165, 1.54) is 0 Å². The molecule has 0 saturated carbocycles. The molecule has 0 atom stereocenters. The third-order valence-electron chi connectivity index (χ3n) is 4.16. The number of hydrogen-bond acceptors (Lipinski definition) is 3. The van der Waals surface area contributed by atoms with Gasteiger partial charge in [0.15, 0.2) is 0 Å². The first-order valence-corrected chi connectivity index (χ1v) is 9.42. The molecule has 0 saturated heterocycles. The Kier molecular flexibility index (Phi) is 6.45. The smallest absolute Gasteiger partial charge is 0.123 e. The standard InChI is InChI=1S/C21H20BrN3O/c22-19-8-5-16(6-9-19)15-26-20-10-7-17(14-23)13-18(20)3-1-2-4-21-24-11-12-25-21/h5-13H,1-4,15H2,(H,24,25). The average Bonchev–Trinajstić information content (AvgIpc) is 3.19. The molecule has 0 aliphatic heterocycles. The van der Waals surface area contributed by atoms with Gasteiger partial charge >= 0.3 is 0 Å². The number of H-pyrrole nitrogens is 1. The number of aromatic nitrogens is 2. The maximum absolute atomic E-state index is 9.18. The van der Waals surface area contributed by atoms with Crippen molar-refractivity contribution in [2.75, 3.05) is 0 Å². The second-order valence-electron chi connectivity index (χ2n) is 6.09. The Balaban J connectivity index is 1.60. The van der Waals surface area contributed by atoms with Crippen LogP contribution in [-0.2, 0) is 19.4 Å². The number of benzene rings is 2. The summed E-state index contributed by atoms with van der Waals surface area (Å²) in [5.74, 6) is 1.87. The minimum Gasteiger partial charge on any atom is -0.489 e. The molecule has 26 heavy (non-hydrogen) atoms. The number of ether oxygens (including phenoxy) is 1. The number of imidazole rings is 1. The normalized spacial score (nSPS) is 10.5. The zero-order valence-electron chi connectivity index (χ0n) is 14.4. The highest BCUT2D eigenvalue weighted by atomic mass is 79.9. The van der Waals surface area contributed by atoms with Crippen molar-refractivity contribution in [3.63, 3.8) is 0 Å². The maximum Gasteiger partial charge on any atom is 0.123 e. The number of rotatable bonds is 8. The molecule has 0 amide bonds. The molecule has 3 rings (SSSR count). The van der Waals surface area contributed by atoms with Crippen LogP contribution in [0.15, 0.2) is 59.3 Å². The monoisotopic (exact) mass is 409 g/mol.